The molecular weight excluding hydrogens is 272 g/mol. The minimum Gasteiger partial charge on any atom is -0.383 e. The number of hydrogen-bond acceptors (Lipinski definition) is 6. The number of nitrogens with one attached hydrogen (secondary N) is 1. The number of ether oxygens (including phenoxy) is 1. The van der Waals surface area contributed by atoms with Gasteiger partial charge in [0.05, 0.1) is 19.5 Å². The molecule has 1 heterocycles. The molecule has 1 aromatic rings. The van der Waals surface area contributed by atoms with Gasteiger partial charge in [0.25, 0.3) is 16.0 Å². The summed E-state index contributed by atoms with van der Waals surface area (Å²) in [5.74, 6) is -0.349. The van der Waals surface area contributed by atoms with E-state index in [1.807, 2.05) is 0 Å². The first-order chi connectivity index (χ1) is 8.92. The Labute approximate surface area is 112 Å². The molecule has 0 aliphatic carbocycles. The first-order valence-corrected chi connectivity index (χ1v) is 7.30. The van der Waals surface area contributed by atoms with Crippen LogP contribution in [-0.4, -0.2) is 45.8 Å². The summed E-state index contributed by atoms with van der Waals surface area (Å²) in [7, 11) is -1.98. The predicted molar refractivity (Wildman–Crippen MR) is 68.1 cm³/mol. The molecule has 1 rings (SSSR count). The summed E-state index contributed by atoms with van der Waals surface area (Å²) in [6, 6.07) is 3.06. The molecule has 1 N–H and O–H groups in total. The van der Waals surface area contributed by atoms with Crippen molar-refractivity contribution in [2.24, 2.45) is 0 Å². The summed E-state index contributed by atoms with van der Waals surface area (Å²) in [5.41, 5.74) is 0.753. The predicted octanol–water partition coefficient (Wildman–Crippen LogP) is -0.0660. The Kier molecular flexibility index (Phi) is 5.87. The Morgan fingerprint density at radius 1 is 1.47 bits per heavy atom. The lowest BCUT2D eigenvalue weighted by atomic mass is 10.2. The topological polar surface area (TPSA) is 94.6 Å². The van der Waals surface area contributed by atoms with Gasteiger partial charge in [-0.05, 0) is 17.7 Å². The fourth-order valence-electron chi connectivity index (χ4n) is 1.22. The summed E-state index contributed by atoms with van der Waals surface area (Å²) in [4.78, 5) is 15.6. The Morgan fingerprint density at radius 3 is 2.84 bits per heavy atom. The lowest BCUT2D eigenvalue weighted by molar-refractivity contribution is 0.0932. The van der Waals surface area contributed by atoms with Crippen LogP contribution in [0.3, 0.4) is 0 Å². The van der Waals surface area contributed by atoms with E-state index in [1.54, 1.807) is 6.07 Å². The van der Waals surface area contributed by atoms with Crippen molar-refractivity contribution in [2.45, 2.75) is 6.61 Å². The molecule has 0 unspecified atom stereocenters. The van der Waals surface area contributed by atoms with Gasteiger partial charge in [-0.2, -0.15) is 8.42 Å². The van der Waals surface area contributed by atoms with E-state index >= 15 is 0 Å². The van der Waals surface area contributed by atoms with Crippen LogP contribution in [-0.2, 0) is 25.6 Å². The summed E-state index contributed by atoms with van der Waals surface area (Å²) in [6.07, 6.45) is 2.39. The van der Waals surface area contributed by atoms with Gasteiger partial charge in [0.15, 0.2) is 0 Å². The monoisotopic (exact) mass is 288 g/mol. The molecule has 106 valence electrons. The first kappa shape index (κ1) is 15.5. The molecule has 0 aliphatic heterocycles. The average Bonchev–Trinajstić information content (AvgIpc) is 2.36. The van der Waals surface area contributed by atoms with Gasteiger partial charge in [-0.25, -0.2) is 0 Å². The number of amides is 1. The molecule has 0 radical (unpaired) electrons. The third-order valence-corrected chi connectivity index (χ3v) is 2.63. The van der Waals surface area contributed by atoms with Gasteiger partial charge >= 0.3 is 0 Å². The van der Waals surface area contributed by atoms with Gasteiger partial charge in [0.1, 0.15) is 5.69 Å². The maximum atomic E-state index is 11.7. The average molecular weight is 288 g/mol. The van der Waals surface area contributed by atoms with Crippen molar-refractivity contribution in [3.05, 3.63) is 29.6 Å². The molecule has 1 amide bonds. The van der Waals surface area contributed by atoms with E-state index in [-0.39, 0.29) is 18.2 Å². The van der Waals surface area contributed by atoms with E-state index in [0.717, 1.165) is 6.26 Å². The van der Waals surface area contributed by atoms with Crippen LogP contribution in [0, 0.1) is 0 Å². The molecule has 1 aromatic heterocycles. The van der Waals surface area contributed by atoms with E-state index in [0.29, 0.717) is 18.7 Å². The second kappa shape index (κ2) is 7.17. The zero-order chi connectivity index (χ0) is 14.3. The van der Waals surface area contributed by atoms with Crippen LogP contribution >= 0.6 is 0 Å². The fourth-order valence-corrected chi connectivity index (χ4v) is 1.57. The number of rotatable bonds is 7. The highest BCUT2D eigenvalue weighted by atomic mass is 32.2. The van der Waals surface area contributed by atoms with Gasteiger partial charge < -0.3 is 10.1 Å². The fraction of sp³-hybridized carbons (Fsp3) is 0.455. The largest absolute Gasteiger partial charge is 0.383 e. The normalized spacial score (nSPS) is 11.3. The van der Waals surface area contributed by atoms with Crippen molar-refractivity contribution in [3.8, 4) is 0 Å². The number of aromatic nitrogens is 1. The van der Waals surface area contributed by atoms with Gasteiger partial charge in [0.2, 0.25) is 0 Å². The summed E-state index contributed by atoms with van der Waals surface area (Å²) in [6.45, 7) is 0.656. The second-order valence-electron chi connectivity index (χ2n) is 3.76. The van der Waals surface area contributed by atoms with Crippen molar-refractivity contribution in [1.29, 1.82) is 0 Å². The number of carbonyl (C=O) groups excluding carboxylic acids is 1. The highest BCUT2D eigenvalue weighted by Crippen LogP contribution is 2.05. The van der Waals surface area contributed by atoms with E-state index < -0.39 is 10.1 Å². The smallest absolute Gasteiger partial charge is 0.269 e. The number of hydrogen-bond donors (Lipinski definition) is 1. The third-order valence-electron chi connectivity index (χ3n) is 2.09. The van der Waals surface area contributed by atoms with Crippen LogP contribution in [0.15, 0.2) is 18.3 Å². The van der Waals surface area contributed by atoms with Gasteiger partial charge in [-0.3, -0.25) is 14.0 Å². The quantitative estimate of drug-likeness (QED) is 0.557. The first-order valence-electron chi connectivity index (χ1n) is 5.49. The van der Waals surface area contributed by atoms with Crippen molar-refractivity contribution >= 4 is 16.0 Å². The van der Waals surface area contributed by atoms with Crippen molar-refractivity contribution in [1.82, 2.24) is 10.3 Å². The minimum atomic E-state index is -3.51. The number of pyridine rings is 1. The van der Waals surface area contributed by atoms with E-state index in [9.17, 15) is 13.2 Å². The van der Waals surface area contributed by atoms with Crippen LogP contribution in [0.25, 0.3) is 0 Å². The standard InChI is InChI=1S/C11H16N2O5S/c1-17-6-5-13-11(14)10-7-9(3-4-12-10)8-18-19(2,15)16/h3-4,7H,5-6,8H2,1-2H3,(H,13,14). The molecular formula is C11H16N2O5S. The summed E-state index contributed by atoms with van der Waals surface area (Å²) < 4.78 is 31.2. The molecule has 0 aromatic carbocycles. The number of methoxy groups -OCH3 is 1. The number of nitrogens with zero attached hydrogens (tertiary/aromatic N) is 1. The molecule has 0 saturated heterocycles. The van der Waals surface area contributed by atoms with Crippen LogP contribution in [0.2, 0.25) is 0 Å². The summed E-state index contributed by atoms with van der Waals surface area (Å²) >= 11 is 0. The Morgan fingerprint density at radius 2 is 2.21 bits per heavy atom. The second-order valence-corrected chi connectivity index (χ2v) is 5.41. The molecule has 0 aliphatic rings. The third kappa shape index (κ3) is 6.27. The van der Waals surface area contributed by atoms with E-state index in [4.69, 9.17) is 4.74 Å². The lowest BCUT2D eigenvalue weighted by Crippen LogP contribution is -2.27. The van der Waals surface area contributed by atoms with E-state index in [2.05, 4.69) is 14.5 Å². The highest BCUT2D eigenvalue weighted by Gasteiger charge is 2.08. The van der Waals surface area contributed by atoms with Crippen LogP contribution < -0.4 is 5.32 Å². The van der Waals surface area contributed by atoms with Gasteiger partial charge in [-0.15, -0.1) is 0 Å². The Balaban J connectivity index is 2.63. The van der Waals surface area contributed by atoms with E-state index in [1.165, 1.54) is 19.4 Å². The Hall–Kier alpha value is -1.51. The molecule has 0 atom stereocenters. The van der Waals surface area contributed by atoms with Crippen LogP contribution in [0.5, 0.6) is 0 Å². The molecule has 8 heteroatoms. The van der Waals surface area contributed by atoms with Gasteiger partial charge in [0, 0.05) is 19.9 Å². The zero-order valence-corrected chi connectivity index (χ0v) is 11.6. The lowest BCUT2D eigenvalue weighted by Gasteiger charge is -2.06. The summed E-state index contributed by atoms with van der Waals surface area (Å²) in [5, 5.41) is 2.61. The molecule has 0 saturated carbocycles. The maximum Gasteiger partial charge on any atom is 0.269 e. The van der Waals surface area contributed by atoms with Crippen molar-refractivity contribution < 1.29 is 22.1 Å². The number of carbonyl (C=O) groups is 1. The van der Waals surface area contributed by atoms with Crippen LogP contribution in [0.1, 0.15) is 16.1 Å². The highest BCUT2D eigenvalue weighted by molar-refractivity contribution is 7.85. The molecule has 0 fully saturated rings. The van der Waals surface area contributed by atoms with Crippen molar-refractivity contribution in [2.75, 3.05) is 26.5 Å². The Bertz CT molecular complexity index is 530. The van der Waals surface area contributed by atoms with Crippen molar-refractivity contribution in [3.63, 3.8) is 0 Å². The SMILES string of the molecule is COCCNC(=O)c1cc(COS(C)(=O)=O)ccn1. The zero-order valence-electron chi connectivity index (χ0n) is 10.8. The van der Waals surface area contributed by atoms with Gasteiger partial charge in [-0.1, -0.05) is 0 Å². The molecule has 0 bridgehead atoms. The minimum absolute atomic E-state index is 0.125. The molecule has 19 heavy (non-hydrogen) atoms. The molecule has 0 spiro atoms. The van der Waals surface area contributed by atoms with Crippen LogP contribution in [0.4, 0.5) is 0 Å². The maximum absolute atomic E-state index is 11.7. The molecule has 7 nitrogen and oxygen atoms in total.